The Balaban J connectivity index is 1.56. The Morgan fingerprint density at radius 3 is 2.72 bits per heavy atom. The second kappa shape index (κ2) is 8.70. The third-order valence-electron chi connectivity index (χ3n) is 4.52. The molecule has 1 aromatic heterocycles. The average molecular weight is 336 g/mol. The summed E-state index contributed by atoms with van der Waals surface area (Å²) in [7, 11) is 0. The van der Waals surface area contributed by atoms with Gasteiger partial charge in [0, 0.05) is 13.0 Å². The fourth-order valence-electron chi connectivity index (χ4n) is 3.17. The molecular formula is C22H28N2O. The van der Waals surface area contributed by atoms with Crippen molar-refractivity contribution in [3.63, 3.8) is 0 Å². The molecule has 0 fully saturated rings. The zero-order valence-corrected chi connectivity index (χ0v) is 15.4. The fraction of sp³-hybridized carbons (Fsp3) is 0.409. The summed E-state index contributed by atoms with van der Waals surface area (Å²) in [6.45, 7) is 6.10. The van der Waals surface area contributed by atoms with Gasteiger partial charge in [0.25, 0.3) is 0 Å². The predicted octanol–water partition coefficient (Wildman–Crippen LogP) is 5.55. The Bertz CT molecular complexity index is 807. The molecule has 0 amide bonds. The van der Waals surface area contributed by atoms with Crippen LogP contribution in [0.5, 0.6) is 5.75 Å². The Kier molecular flexibility index (Phi) is 6.10. The molecule has 0 aliphatic rings. The first-order valence-corrected chi connectivity index (χ1v) is 9.41. The molecular weight excluding hydrogens is 308 g/mol. The first-order chi connectivity index (χ1) is 12.3. The standard InChI is InChI=1S/C22H28N2O/c1-3-4-14-22-23-20-12-5-6-13-21(20)24(22)15-7-8-16-25-19-11-9-10-18(2)17-19/h5-6,9-13,17H,3-4,7-8,14-16H2,1-2H3. The number of fused-ring (bicyclic) bond motifs is 1. The minimum Gasteiger partial charge on any atom is -0.494 e. The van der Waals surface area contributed by atoms with Gasteiger partial charge in [0.15, 0.2) is 0 Å². The molecule has 0 aliphatic heterocycles. The molecule has 0 saturated carbocycles. The minimum absolute atomic E-state index is 0.764. The molecule has 3 nitrogen and oxygen atoms in total. The molecule has 0 N–H and O–H groups in total. The number of rotatable bonds is 9. The molecule has 3 heteroatoms. The minimum atomic E-state index is 0.764. The van der Waals surface area contributed by atoms with E-state index in [1.807, 2.05) is 12.1 Å². The summed E-state index contributed by atoms with van der Waals surface area (Å²) in [5.41, 5.74) is 3.61. The molecule has 3 aromatic rings. The molecule has 3 rings (SSSR count). The number of nitrogens with zero attached hydrogens (tertiary/aromatic N) is 2. The molecule has 0 spiro atoms. The second-order valence-corrected chi connectivity index (χ2v) is 6.64. The van der Waals surface area contributed by atoms with Gasteiger partial charge in [-0.05, 0) is 56.0 Å². The Labute approximate surface area is 150 Å². The van der Waals surface area contributed by atoms with Crippen LogP contribution in [0, 0.1) is 6.92 Å². The van der Waals surface area contributed by atoms with Crippen LogP contribution in [0.3, 0.4) is 0 Å². The highest BCUT2D eigenvalue weighted by Crippen LogP contribution is 2.19. The van der Waals surface area contributed by atoms with Crippen LogP contribution >= 0.6 is 0 Å². The van der Waals surface area contributed by atoms with Gasteiger partial charge < -0.3 is 9.30 Å². The number of aryl methyl sites for hydroxylation is 3. The lowest BCUT2D eigenvalue weighted by molar-refractivity contribution is 0.303. The van der Waals surface area contributed by atoms with Crippen LogP contribution in [0.15, 0.2) is 48.5 Å². The summed E-state index contributed by atoms with van der Waals surface area (Å²) in [6.07, 6.45) is 5.61. The largest absolute Gasteiger partial charge is 0.494 e. The number of ether oxygens (including phenoxy) is 1. The molecule has 0 bridgehead atoms. The van der Waals surface area contributed by atoms with E-state index in [0.29, 0.717) is 0 Å². The van der Waals surface area contributed by atoms with E-state index in [9.17, 15) is 0 Å². The van der Waals surface area contributed by atoms with E-state index in [4.69, 9.17) is 9.72 Å². The van der Waals surface area contributed by atoms with Crippen LogP contribution in [0.25, 0.3) is 11.0 Å². The highest BCUT2D eigenvalue weighted by atomic mass is 16.5. The lowest BCUT2D eigenvalue weighted by Gasteiger charge is -2.10. The molecule has 2 aromatic carbocycles. The van der Waals surface area contributed by atoms with Crippen molar-refractivity contribution >= 4 is 11.0 Å². The summed E-state index contributed by atoms with van der Waals surface area (Å²) in [4.78, 5) is 4.84. The van der Waals surface area contributed by atoms with Gasteiger partial charge in [-0.2, -0.15) is 0 Å². The van der Waals surface area contributed by atoms with E-state index < -0.39 is 0 Å². The van der Waals surface area contributed by atoms with Crippen LogP contribution in [0.4, 0.5) is 0 Å². The number of imidazole rings is 1. The number of aromatic nitrogens is 2. The van der Waals surface area contributed by atoms with Crippen LogP contribution in [-0.2, 0) is 13.0 Å². The monoisotopic (exact) mass is 336 g/mol. The molecule has 25 heavy (non-hydrogen) atoms. The first kappa shape index (κ1) is 17.5. The summed E-state index contributed by atoms with van der Waals surface area (Å²) >= 11 is 0. The molecule has 0 atom stereocenters. The molecule has 0 saturated heterocycles. The molecule has 0 unspecified atom stereocenters. The van der Waals surface area contributed by atoms with Crippen molar-refractivity contribution in [1.82, 2.24) is 9.55 Å². The quantitative estimate of drug-likeness (QED) is 0.479. The summed E-state index contributed by atoms with van der Waals surface area (Å²) in [6, 6.07) is 16.7. The fourth-order valence-corrected chi connectivity index (χ4v) is 3.17. The second-order valence-electron chi connectivity index (χ2n) is 6.64. The molecule has 132 valence electrons. The van der Waals surface area contributed by atoms with E-state index in [2.05, 4.69) is 54.8 Å². The Morgan fingerprint density at radius 1 is 1.00 bits per heavy atom. The molecule has 0 aliphatic carbocycles. The van der Waals surface area contributed by atoms with Gasteiger partial charge in [0.05, 0.1) is 17.6 Å². The third-order valence-corrected chi connectivity index (χ3v) is 4.52. The van der Waals surface area contributed by atoms with Crippen LogP contribution in [0.1, 0.15) is 44.0 Å². The smallest absolute Gasteiger partial charge is 0.119 e. The molecule has 0 radical (unpaired) electrons. The maximum atomic E-state index is 5.86. The predicted molar refractivity (Wildman–Crippen MR) is 104 cm³/mol. The summed E-state index contributed by atoms with van der Waals surface area (Å²) in [5, 5.41) is 0. The zero-order valence-electron chi connectivity index (χ0n) is 15.4. The van der Waals surface area contributed by atoms with Gasteiger partial charge >= 0.3 is 0 Å². The number of hydrogen-bond donors (Lipinski definition) is 0. The van der Waals surface area contributed by atoms with E-state index >= 15 is 0 Å². The Hall–Kier alpha value is -2.29. The zero-order chi connectivity index (χ0) is 17.5. The van der Waals surface area contributed by atoms with Crippen molar-refractivity contribution in [2.24, 2.45) is 0 Å². The number of benzene rings is 2. The van der Waals surface area contributed by atoms with E-state index in [0.717, 1.165) is 43.7 Å². The van der Waals surface area contributed by atoms with Gasteiger partial charge in [-0.25, -0.2) is 4.98 Å². The van der Waals surface area contributed by atoms with Crippen molar-refractivity contribution < 1.29 is 4.74 Å². The van der Waals surface area contributed by atoms with Gasteiger partial charge in [-0.15, -0.1) is 0 Å². The normalized spacial score (nSPS) is 11.1. The van der Waals surface area contributed by atoms with Crippen molar-refractivity contribution in [3.05, 3.63) is 59.9 Å². The Morgan fingerprint density at radius 2 is 1.88 bits per heavy atom. The highest BCUT2D eigenvalue weighted by molar-refractivity contribution is 5.75. The van der Waals surface area contributed by atoms with E-state index in [1.165, 1.54) is 29.7 Å². The van der Waals surface area contributed by atoms with Gasteiger partial charge in [0.2, 0.25) is 0 Å². The maximum absolute atomic E-state index is 5.86. The first-order valence-electron chi connectivity index (χ1n) is 9.41. The van der Waals surface area contributed by atoms with Crippen molar-refractivity contribution in [2.45, 2.75) is 52.5 Å². The van der Waals surface area contributed by atoms with Crippen LogP contribution < -0.4 is 4.74 Å². The third kappa shape index (κ3) is 4.62. The lowest BCUT2D eigenvalue weighted by atomic mass is 10.2. The van der Waals surface area contributed by atoms with E-state index in [1.54, 1.807) is 0 Å². The van der Waals surface area contributed by atoms with Gasteiger partial charge in [0.1, 0.15) is 11.6 Å². The highest BCUT2D eigenvalue weighted by Gasteiger charge is 2.09. The van der Waals surface area contributed by atoms with Crippen molar-refractivity contribution in [3.8, 4) is 5.75 Å². The van der Waals surface area contributed by atoms with E-state index in [-0.39, 0.29) is 0 Å². The summed E-state index contributed by atoms with van der Waals surface area (Å²) in [5.74, 6) is 2.19. The number of unbranched alkanes of at least 4 members (excludes halogenated alkanes) is 2. The topological polar surface area (TPSA) is 27.1 Å². The maximum Gasteiger partial charge on any atom is 0.119 e. The number of para-hydroxylation sites is 2. The SMILES string of the molecule is CCCCc1nc2ccccc2n1CCCCOc1cccc(C)c1. The van der Waals surface area contributed by atoms with Crippen molar-refractivity contribution in [2.75, 3.05) is 6.61 Å². The van der Waals surface area contributed by atoms with Gasteiger partial charge in [-0.1, -0.05) is 37.6 Å². The van der Waals surface area contributed by atoms with Crippen LogP contribution in [0.2, 0.25) is 0 Å². The average Bonchev–Trinajstić information content (AvgIpc) is 2.97. The summed E-state index contributed by atoms with van der Waals surface area (Å²) < 4.78 is 8.26. The number of hydrogen-bond acceptors (Lipinski definition) is 2. The molecule has 1 heterocycles. The van der Waals surface area contributed by atoms with Gasteiger partial charge in [-0.3, -0.25) is 0 Å². The lowest BCUT2D eigenvalue weighted by Crippen LogP contribution is -2.06. The van der Waals surface area contributed by atoms with Crippen LogP contribution in [-0.4, -0.2) is 16.2 Å². The van der Waals surface area contributed by atoms with Crippen molar-refractivity contribution in [1.29, 1.82) is 0 Å².